The minimum Gasteiger partial charge on any atom is -0.384 e. The fraction of sp³-hybridized carbons (Fsp3) is 0.500. The van der Waals surface area contributed by atoms with E-state index in [2.05, 4.69) is 17.2 Å². The molecule has 1 atom stereocenters. The third-order valence-electron chi connectivity index (χ3n) is 2.60. The average Bonchev–Trinajstić information content (AvgIpc) is 2.82. The quantitative estimate of drug-likeness (QED) is 0.762. The van der Waals surface area contributed by atoms with Crippen LogP contribution in [-0.2, 0) is 9.47 Å². The molecule has 0 aliphatic carbocycles. The summed E-state index contributed by atoms with van der Waals surface area (Å²) in [4.78, 5) is 13.4. The Morgan fingerprint density at radius 1 is 1.55 bits per heavy atom. The number of aliphatic hydroxyl groups excluding tert-OH is 1. The van der Waals surface area contributed by atoms with Gasteiger partial charge in [0, 0.05) is 20.8 Å². The van der Waals surface area contributed by atoms with E-state index < -0.39 is 0 Å². The molecule has 1 heterocycles. The van der Waals surface area contributed by atoms with Gasteiger partial charge in [-0.05, 0) is 18.6 Å². The van der Waals surface area contributed by atoms with Gasteiger partial charge in [-0.15, -0.1) is 11.3 Å². The van der Waals surface area contributed by atoms with Crippen LogP contribution in [0, 0.1) is 18.8 Å². The average molecular weight is 297 g/mol. The molecule has 0 spiro atoms. The monoisotopic (exact) mass is 297 g/mol. The Morgan fingerprint density at radius 3 is 2.90 bits per heavy atom. The van der Waals surface area contributed by atoms with Crippen LogP contribution in [0.25, 0.3) is 0 Å². The Kier molecular flexibility index (Phi) is 7.26. The number of hydrogen-bond donors (Lipinski definition) is 2. The molecule has 1 aromatic heterocycles. The van der Waals surface area contributed by atoms with Crippen LogP contribution >= 0.6 is 11.3 Å². The van der Waals surface area contributed by atoms with Gasteiger partial charge in [-0.1, -0.05) is 11.8 Å². The smallest absolute Gasteiger partial charge is 0.261 e. The number of methoxy groups -OCH3 is 2. The van der Waals surface area contributed by atoms with Crippen LogP contribution < -0.4 is 5.32 Å². The predicted molar refractivity (Wildman–Crippen MR) is 78.0 cm³/mol. The Morgan fingerprint density at radius 2 is 2.30 bits per heavy atom. The highest BCUT2D eigenvalue weighted by Gasteiger charge is 2.14. The van der Waals surface area contributed by atoms with Crippen LogP contribution in [0.3, 0.4) is 0 Å². The molecule has 2 N–H and O–H groups in total. The molecule has 110 valence electrons. The molecule has 1 unspecified atom stereocenters. The first-order valence-electron chi connectivity index (χ1n) is 6.12. The summed E-state index contributed by atoms with van der Waals surface area (Å²) in [7, 11) is 3.16. The fourth-order valence-corrected chi connectivity index (χ4v) is 2.49. The van der Waals surface area contributed by atoms with E-state index in [0.29, 0.717) is 18.0 Å². The van der Waals surface area contributed by atoms with Crippen molar-refractivity contribution in [2.24, 2.45) is 0 Å². The number of nitrogens with one attached hydrogen (secondary N) is 1. The predicted octanol–water partition coefficient (Wildman–Crippen LogP) is 0.792. The fourth-order valence-electron chi connectivity index (χ4n) is 1.53. The zero-order chi connectivity index (χ0) is 15.0. The van der Waals surface area contributed by atoms with Crippen molar-refractivity contribution < 1.29 is 19.4 Å². The zero-order valence-corrected chi connectivity index (χ0v) is 12.7. The largest absolute Gasteiger partial charge is 0.384 e. The molecule has 20 heavy (non-hydrogen) atoms. The van der Waals surface area contributed by atoms with Crippen LogP contribution in [0.1, 0.15) is 20.1 Å². The summed E-state index contributed by atoms with van der Waals surface area (Å²) in [6, 6.07) is 1.79. The summed E-state index contributed by atoms with van der Waals surface area (Å²) in [6.07, 6.45) is -0.168. The third kappa shape index (κ3) is 4.94. The SMILES string of the molecule is COCC(CNC(=O)c1cc(C)c(C#CCO)s1)OC. The Labute approximate surface area is 122 Å². The molecule has 5 nitrogen and oxygen atoms in total. The number of aliphatic hydroxyl groups is 1. The summed E-state index contributed by atoms with van der Waals surface area (Å²) < 4.78 is 10.2. The zero-order valence-electron chi connectivity index (χ0n) is 11.9. The lowest BCUT2D eigenvalue weighted by Gasteiger charge is -2.14. The first-order valence-corrected chi connectivity index (χ1v) is 6.94. The summed E-state index contributed by atoms with van der Waals surface area (Å²) in [6.45, 7) is 2.51. The van der Waals surface area contributed by atoms with Gasteiger partial charge in [0.2, 0.25) is 0 Å². The molecule has 1 rings (SSSR count). The molecule has 0 aliphatic heterocycles. The van der Waals surface area contributed by atoms with Gasteiger partial charge in [0.15, 0.2) is 0 Å². The first-order chi connectivity index (χ1) is 9.62. The van der Waals surface area contributed by atoms with E-state index in [4.69, 9.17) is 14.6 Å². The highest BCUT2D eigenvalue weighted by Crippen LogP contribution is 2.20. The summed E-state index contributed by atoms with van der Waals surface area (Å²) in [5.41, 5.74) is 0.932. The van der Waals surface area contributed by atoms with E-state index in [-0.39, 0.29) is 18.6 Å². The van der Waals surface area contributed by atoms with Crippen molar-refractivity contribution >= 4 is 17.2 Å². The van der Waals surface area contributed by atoms with E-state index in [9.17, 15) is 4.79 Å². The number of amides is 1. The molecule has 0 aliphatic rings. The lowest BCUT2D eigenvalue weighted by Crippen LogP contribution is -2.35. The minimum absolute atomic E-state index is 0.159. The summed E-state index contributed by atoms with van der Waals surface area (Å²) in [5.74, 6) is 5.25. The molecule has 0 bridgehead atoms. The Bertz CT molecular complexity index is 501. The molecular weight excluding hydrogens is 278 g/mol. The van der Waals surface area contributed by atoms with Gasteiger partial charge >= 0.3 is 0 Å². The number of hydrogen-bond acceptors (Lipinski definition) is 5. The summed E-state index contributed by atoms with van der Waals surface area (Å²) in [5, 5.41) is 11.5. The van der Waals surface area contributed by atoms with Crippen molar-refractivity contribution in [3.8, 4) is 11.8 Å². The first kappa shape index (κ1) is 16.7. The lowest BCUT2D eigenvalue weighted by molar-refractivity contribution is 0.0286. The molecule has 0 aromatic carbocycles. The second-order valence-electron chi connectivity index (χ2n) is 4.11. The van der Waals surface area contributed by atoms with Gasteiger partial charge in [0.1, 0.15) is 6.61 Å². The van der Waals surface area contributed by atoms with Gasteiger partial charge in [-0.25, -0.2) is 0 Å². The van der Waals surface area contributed by atoms with Crippen LogP contribution in [-0.4, -0.2) is 51.1 Å². The molecule has 6 heteroatoms. The van der Waals surface area contributed by atoms with Crippen LogP contribution in [0.15, 0.2) is 6.07 Å². The molecule has 0 saturated carbocycles. The number of rotatable bonds is 6. The van der Waals surface area contributed by atoms with Crippen LogP contribution in [0.4, 0.5) is 0 Å². The van der Waals surface area contributed by atoms with E-state index in [1.165, 1.54) is 11.3 Å². The van der Waals surface area contributed by atoms with Gasteiger partial charge in [0.25, 0.3) is 5.91 Å². The number of carbonyl (C=O) groups excluding carboxylic acids is 1. The van der Waals surface area contributed by atoms with Crippen molar-refractivity contribution in [1.82, 2.24) is 5.32 Å². The van der Waals surface area contributed by atoms with Crippen LogP contribution in [0.5, 0.6) is 0 Å². The second-order valence-corrected chi connectivity index (χ2v) is 5.16. The van der Waals surface area contributed by atoms with Gasteiger partial charge in [0.05, 0.1) is 22.5 Å². The Hall–Kier alpha value is -1.39. The van der Waals surface area contributed by atoms with Crippen molar-refractivity contribution in [3.63, 3.8) is 0 Å². The molecular formula is C14H19NO4S. The highest BCUT2D eigenvalue weighted by molar-refractivity contribution is 7.14. The Balaban J connectivity index is 2.64. The second kappa shape index (κ2) is 8.72. The highest BCUT2D eigenvalue weighted by atomic mass is 32.1. The third-order valence-corrected chi connectivity index (χ3v) is 3.75. The van der Waals surface area contributed by atoms with E-state index >= 15 is 0 Å². The van der Waals surface area contributed by atoms with Gasteiger partial charge in [-0.2, -0.15) is 0 Å². The molecule has 0 saturated heterocycles. The maximum Gasteiger partial charge on any atom is 0.261 e. The number of ether oxygens (including phenoxy) is 2. The minimum atomic E-state index is -0.189. The maximum atomic E-state index is 12.0. The standard InChI is InChI=1S/C14H19NO4S/c1-10-7-13(20-12(10)5-4-6-16)14(17)15-8-11(19-3)9-18-2/h7,11,16H,6,8-9H2,1-3H3,(H,15,17). The van der Waals surface area contributed by atoms with Crippen molar-refractivity contribution in [2.75, 3.05) is 34.0 Å². The number of aryl methyl sites for hydroxylation is 1. The van der Waals surface area contributed by atoms with Gasteiger partial charge in [-0.3, -0.25) is 4.79 Å². The normalized spacial score (nSPS) is 11.6. The van der Waals surface area contributed by atoms with E-state index in [0.717, 1.165) is 10.4 Å². The molecule has 0 fully saturated rings. The van der Waals surface area contributed by atoms with E-state index in [1.54, 1.807) is 20.3 Å². The van der Waals surface area contributed by atoms with Gasteiger partial charge < -0.3 is 19.9 Å². The molecule has 1 aromatic rings. The maximum absolute atomic E-state index is 12.0. The van der Waals surface area contributed by atoms with Crippen LogP contribution in [0.2, 0.25) is 0 Å². The topological polar surface area (TPSA) is 67.8 Å². The van der Waals surface area contributed by atoms with Crippen molar-refractivity contribution in [3.05, 3.63) is 21.4 Å². The van der Waals surface area contributed by atoms with Crippen molar-refractivity contribution in [1.29, 1.82) is 0 Å². The van der Waals surface area contributed by atoms with Crippen molar-refractivity contribution in [2.45, 2.75) is 13.0 Å². The lowest BCUT2D eigenvalue weighted by atomic mass is 10.2. The summed E-state index contributed by atoms with van der Waals surface area (Å²) >= 11 is 1.31. The molecule has 0 radical (unpaired) electrons. The van der Waals surface area contributed by atoms with E-state index in [1.807, 2.05) is 6.92 Å². The number of thiophene rings is 1. The number of carbonyl (C=O) groups is 1. The molecule has 1 amide bonds.